The lowest BCUT2D eigenvalue weighted by atomic mass is 9.85. The number of nitrogens with one attached hydrogen (secondary N) is 1. The maximum absolute atomic E-state index is 11.8. The Morgan fingerprint density at radius 1 is 1.11 bits per heavy atom. The molecule has 0 saturated carbocycles. The molecule has 0 saturated heterocycles. The van der Waals surface area contributed by atoms with E-state index in [2.05, 4.69) is 56.0 Å². The number of para-hydroxylation sites is 2. The average molecular weight is 365 g/mol. The second-order valence-corrected chi connectivity index (χ2v) is 7.75. The Labute approximate surface area is 161 Å². The number of carbonyl (C=O) groups excluding carboxylic acids is 1. The molecule has 0 fully saturated rings. The highest BCUT2D eigenvalue weighted by molar-refractivity contribution is 5.87. The summed E-state index contributed by atoms with van der Waals surface area (Å²) in [6.45, 7) is 12.7. The molecule has 2 aromatic rings. The normalized spacial score (nSPS) is 13.2. The number of anilines is 3. The van der Waals surface area contributed by atoms with Crippen LogP contribution in [-0.4, -0.2) is 19.1 Å². The van der Waals surface area contributed by atoms with Crippen LogP contribution in [-0.2, 0) is 14.9 Å². The predicted octanol–water partition coefficient (Wildman–Crippen LogP) is 4.67. The molecule has 2 aromatic carbocycles. The van der Waals surface area contributed by atoms with E-state index in [-0.39, 0.29) is 18.0 Å². The van der Waals surface area contributed by atoms with Crippen LogP contribution in [0, 0.1) is 0 Å². The summed E-state index contributed by atoms with van der Waals surface area (Å²) in [7, 11) is 0. The molecule has 1 heterocycles. The smallest absolute Gasteiger partial charge is 0.333 e. The first-order valence-electron chi connectivity index (χ1n) is 9.14. The van der Waals surface area contributed by atoms with E-state index in [1.807, 2.05) is 35.4 Å². The summed E-state index contributed by atoms with van der Waals surface area (Å²) in [5.41, 5.74) is 8.26. The van der Waals surface area contributed by atoms with Gasteiger partial charge in [0.2, 0.25) is 0 Å². The largest absolute Gasteiger partial charge is 0.460 e. The Hall–Kier alpha value is -2.95. The van der Waals surface area contributed by atoms with Crippen LogP contribution in [0.15, 0.2) is 60.7 Å². The maximum atomic E-state index is 11.8. The van der Waals surface area contributed by atoms with Gasteiger partial charge in [0.25, 0.3) is 0 Å². The number of esters is 1. The van der Waals surface area contributed by atoms with E-state index in [9.17, 15) is 4.79 Å². The highest BCUT2D eigenvalue weighted by atomic mass is 16.5. The molecule has 1 aliphatic rings. The van der Waals surface area contributed by atoms with Gasteiger partial charge in [-0.25, -0.2) is 4.79 Å². The van der Waals surface area contributed by atoms with Crippen molar-refractivity contribution < 1.29 is 9.53 Å². The molecule has 0 aliphatic carbocycles. The Kier molecular flexibility index (Phi) is 5.13. The van der Waals surface area contributed by atoms with Crippen molar-refractivity contribution in [2.24, 2.45) is 0 Å². The summed E-state index contributed by atoms with van der Waals surface area (Å²) >= 11 is 0. The summed E-state index contributed by atoms with van der Waals surface area (Å²) in [5.74, 6) is -0.363. The number of hydrogen-bond donors (Lipinski definition) is 1. The van der Waals surface area contributed by atoms with Crippen molar-refractivity contribution in [1.82, 2.24) is 0 Å². The molecule has 0 unspecified atom stereocenters. The summed E-state index contributed by atoms with van der Waals surface area (Å²) in [5, 5.41) is 4.14. The van der Waals surface area contributed by atoms with Crippen molar-refractivity contribution >= 4 is 23.0 Å². The first kappa shape index (κ1) is 18.8. The summed E-state index contributed by atoms with van der Waals surface area (Å²) in [6, 6.07) is 16.4. The molecule has 1 aliphatic heterocycles. The molecule has 5 nitrogen and oxygen atoms in total. The first-order chi connectivity index (χ1) is 12.8. The topological polar surface area (TPSA) is 44.8 Å². The molecule has 0 spiro atoms. The zero-order chi connectivity index (χ0) is 19.6. The number of carbonyl (C=O) groups is 1. The van der Waals surface area contributed by atoms with Crippen molar-refractivity contribution in [1.29, 1.82) is 0 Å². The molecule has 0 aromatic heterocycles. The Morgan fingerprint density at radius 2 is 1.81 bits per heavy atom. The minimum Gasteiger partial charge on any atom is -0.460 e. The molecular formula is C22H27N3O2. The zero-order valence-corrected chi connectivity index (χ0v) is 16.5. The van der Waals surface area contributed by atoms with Crippen molar-refractivity contribution in [3.8, 4) is 0 Å². The van der Waals surface area contributed by atoms with Gasteiger partial charge in [-0.1, -0.05) is 57.7 Å². The fraction of sp³-hybridized carbons (Fsp3) is 0.318. The predicted molar refractivity (Wildman–Crippen MR) is 111 cm³/mol. The van der Waals surface area contributed by atoms with E-state index in [4.69, 9.17) is 4.74 Å². The fourth-order valence-electron chi connectivity index (χ4n) is 3.12. The Balaban J connectivity index is 1.94. The monoisotopic (exact) mass is 365 g/mol. The SMILES string of the molecule is C=C(C)C(=O)OCCN1c2c(cccc2C(C)(C)C)NN1c1ccccc1. The van der Waals surface area contributed by atoms with Crippen molar-refractivity contribution in [3.63, 3.8) is 0 Å². The van der Waals surface area contributed by atoms with Crippen LogP contribution in [0.2, 0.25) is 0 Å². The summed E-state index contributed by atoms with van der Waals surface area (Å²) in [4.78, 5) is 11.8. The van der Waals surface area contributed by atoms with Gasteiger partial charge in [0.05, 0.1) is 23.6 Å². The number of hydrogen-bond acceptors (Lipinski definition) is 5. The van der Waals surface area contributed by atoms with Gasteiger partial charge in [-0.15, -0.1) is 0 Å². The molecule has 0 radical (unpaired) electrons. The maximum Gasteiger partial charge on any atom is 0.333 e. The van der Waals surface area contributed by atoms with Gasteiger partial charge in [0, 0.05) is 5.57 Å². The van der Waals surface area contributed by atoms with Crippen LogP contribution in [0.5, 0.6) is 0 Å². The van der Waals surface area contributed by atoms with Gasteiger partial charge < -0.3 is 4.74 Å². The van der Waals surface area contributed by atoms with Gasteiger partial charge in [-0.3, -0.25) is 10.4 Å². The zero-order valence-electron chi connectivity index (χ0n) is 16.5. The van der Waals surface area contributed by atoms with Crippen LogP contribution in [0.4, 0.5) is 17.1 Å². The van der Waals surface area contributed by atoms with Crippen LogP contribution in [0.1, 0.15) is 33.3 Å². The minimum absolute atomic E-state index is 0.0215. The van der Waals surface area contributed by atoms with Gasteiger partial charge in [-0.05, 0) is 36.1 Å². The highest BCUT2D eigenvalue weighted by Gasteiger charge is 2.33. The van der Waals surface area contributed by atoms with E-state index in [1.165, 1.54) is 5.56 Å². The lowest BCUT2D eigenvalue weighted by Crippen LogP contribution is -2.44. The molecule has 0 bridgehead atoms. The summed E-state index contributed by atoms with van der Waals surface area (Å²) < 4.78 is 5.36. The number of ether oxygens (including phenoxy) is 1. The van der Waals surface area contributed by atoms with Gasteiger partial charge in [0.15, 0.2) is 0 Å². The quantitative estimate of drug-likeness (QED) is 0.616. The van der Waals surface area contributed by atoms with Gasteiger partial charge >= 0.3 is 5.97 Å². The molecule has 1 N–H and O–H groups in total. The Morgan fingerprint density at radius 3 is 2.44 bits per heavy atom. The van der Waals surface area contributed by atoms with E-state index < -0.39 is 0 Å². The van der Waals surface area contributed by atoms with Crippen molar-refractivity contribution in [2.45, 2.75) is 33.1 Å². The van der Waals surface area contributed by atoms with E-state index in [0.29, 0.717) is 12.1 Å². The van der Waals surface area contributed by atoms with Crippen molar-refractivity contribution in [3.05, 3.63) is 66.2 Å². The third-order valence-electron chi connectivity index (χ3n) is 4.46. The fourth-order valence-corrected chi connectivity index (χ4v) is 3.12. The third kappa shape index (κ3) is 3.92. The van der Waals surface area contributed by atoms with Gasteiger partial charge in [0.1, 0.15) is 6.61 Å². The molecule has 0 atom stereocenters. The number of nitrogens with zero attached hydrogens (tertiary/aromatic N) is 2. The standard InChI is InChI=1S/C22H27N3O2/c1-16(2)21(26)27-15-14-24-20-18(22(3,4)5)12-9-13-19(20)23-25(24)17-10-7-6-8-11-17/h6-13,23H,1,14-15H2,2-5H3. The lowest BCUT2D eigenvalue weighted by Gasteiger charge is -2.33. The second-order valence-electron chi connectivity index (χ2n) is 7.75. The van der Waals surface area contributed by atoms with E-state index in [0.717, 1.165) is 17.1 Å². The second kappa shape index (κ2) is 7.35. The number of fused-ring (bicyclic) bond motifs is 1. The van der Waals surface area contributed by atoms with E-state index in [1.54, 1.807) is 6.92 Å². The number of rotatable bonds is 5. The first-order valence-corrected chi connectivity index (χ1v) is 9.14. The van der Waals surface area contributed by atoms with Crippen LogP contribution in [0.3, 0.4) is 0 Å². The molecule has 5 heteroatoms. The molecule has 142 valence electrons. The number of benzene rings is 2. The highest BCUT2D eigenvalue weighted by Crippen LogP contribution is 2.43. The average Bonchev–Trinajstić information content (AvgIpc) is 3.00. The van der Waals surface area contributed by atoms with Crippen LogP contribution in [0.25, 0.3) is 0 Å². The van der Waals surface area contributed by atoms with Gasteiger partial charge in [-0.2, -0.15) is 5.12 Å². The molecule has 3 rings (SSSR count). The number of hydrazine groups is 2. The van der Waals surface area contributed by atoms with Crippen molar-refractivity contribution in [2.75, 3.05) is 28.7 Å². The third-order valence-corrected chi connectivity index (χ3v) is 4.46. The molecular weight excluding hydrogens is 338 g/mol. The minimum atomic E-state index is -0.363. The molecule has 0 amide bonds. The van der Waals surface area contributed by atoms with E-state index >= 15 is 0 Å². The summed E-state index contributed by atoms with van der Waals surface area (Å²) in [6.07, 6.45) is 0. The van der Waals surface area contributed by atoms with Crippen LogP contribution >= 0.6 is 0 Å². The molecule has 27 heavy (non-hydrogen) atoms. The van der Waals surface area contributed by atoms with Crippen LogP contribution < -0.4 is 15.6 Å². The lowest BCUT2D eigenvalue weighted by molar-refractivity contribution is -0.138. The Bertz CT molecular complexity index is 840.